The van der Waals surface area contributed by atoms with Crippen LogP contribution in [0, 0.1) is 0 Å². The van der Waals surface area contributed by atoms with Gasteiger partial charge < -0.3 is 5.11 Å². The number of aliphatic hydroxyl groups excluding tert-OH is 1. The van der Waals surface area contributed by atoms with Crippen molar-refractivity contribution in [3.05, 3.63) is 0 Å². The molecule has 1 N–H and O–H groups in total. The minimum absolute atomic E-state index is 0.187. The molecule has 0 spiro atoms. The van der Waals surface area contributed by atoms with E-state index in [2.05, 4.69) is 23.6 Å². The highest BCUT2D eigenvalue weighted by atomic mass is 32.2. The first-order valence-corrected chi connectivity index (χ1v) is 6.33. The van der Waals surface area contributed by atoms with Crippen LogP contribution < -0.4 is 0 Å². The molecule has 0 radical (unpaired) electrons. The maximum absolute atomic E-state index is 9.46. The van der Waals surface area contributed by atoms with Gasteiger partial charge in [-0.1, -0.05) is 6.92 Å². The summed E-state index contributed by atoms with van der Waals surface area (Å²) >= 11 is 2.06. The molecule has 2 aliphatic heterocycles. The minimum Gasteiger partial charge on any atom is -0.394 e. The summed E-state index contributed by atoms with van der Waals surface area (Å²) in [6, 6.07) is 0. The average Bonchev–Trinajstić information content (AvgIpc) is 2.61. The zero-order chi connectivity index (χ0) is 9.31. The summed E-state index contributed by atoms with van der Waals surface area (Å²) in [5.74, 6) is 1.21. The third-order valence-electron chi connectivity index (χ3n) is 3.47. The van der Waals surface area contributed by atoms with Crippen molar-refractivity contribution in [2.75, 3.05) is 25.4 Å². The van der Waals surface area contributed by atoms with Crippen molar-refractivity contribution in [3.63, 3.8) is 0 Å². The van der Waals surface area contributed by atoms with E-state index < -0.39 is 0 Å². The molecule has 0 amide bonds. The summed E-state index contributed by atoms with van der Waals surface area (Å²) in [5.41, 5.74) is 0.187. The molecular formula is C10H19NOS. The minimum atomic E-state index is 0.187. The Hall–Kier alpha value is 0.270. The zero-order valence-corrected chi connectivity index (χ0v) is 9.15. The predicted molar refractivity (Wildman–Crippen MR) is 57.2 cm³/mol. The molecule has 0 bridgehead atoms. The fourth-order valence-corrected chi connectivity index (χ4v) is 4.02. The largest absolute Gasteiger partial charge is 0.394 e. The molecule has 0 aromatic heterocycles. The number of fused-ring (bicyclic) bond motifs is 1. The van der Waals surface area contributed by atoms with E-state index in [-0.39, 0.29) is 5.54 Å². The number of hydrogen-bond donors (Lipinski definition) is 1. The van der Waals surface area contributed by atoms with Crippen molar-refractivity contribution in [2.24, 2.45) is 0 Å². The molecule has 2 heterocycles. The molecule has 2 aliphatic rings. The topological polar surface area (TPSA) is 23.5 Å². The average molecular weight is 201 g/mol. The van der Waals surface area contributed by atoms with Crippen LogP contribution in [0.4, 0.5) is 0 Å². The molecule has 3 heteroatoms. The lowest BCUT2D eigenvalue weighted by Gasteiger charge is -2.29. The van der Waals surface area contributed by atoms with Gasteiger partial charge in [0.25, 0.3) is 0 Å². The second-order valence-corrected chi connectivity index (χ2v) is 5.79. The van der Waals surface area contributed by atoms with Crippen LogP contribution in [0.2, 0.25) is 0 Å². The fraction of sp³-hybridized carbons (Fsp3) is 1.00. The SMILES string of the molecule is CCS[C@@H]1CN2CCC[C@@]2(CO)C1. The Morgan fingerprint density at radius 2 is 2.46 bits per heavy atom. The first kappa shape index (κ1) is 9.81. The molecular weight excluding hydrogens is 182 g/mol. The Balaban J connectivity index is 2.00. The smallest absolute Gasteiger partial charge is 0.0615 e. The van der Waals surface area contributed by atoms with Crippen LogP contribution in [0.1, 0.15) is 26.2 Å². The maximum Gasteiger partial charge on any atom is 0.0615 e. The molecule has 2 nitrogen and oxygen atoms in total. The van der Waals surface area contributed by atoms with Crippen molar-refractivity contribution in [1.82, 2.24) is 4.90 Å². The number of aliphatic hydroxyl groups is 1. The summed E-state index contributed by atoms with van der Waals surface area (Å²) in [6.45, 7) is 5.01. The van der Waals surface area contributed by atoms with Gasteiger partial charge in [-0.3, -0.25) is 4.90 Å². The highest BCUT2D eigenvalue weighted by Crippen LogP contribution is 2.42. The van der Waals surface area contributed by atoms with Gasteiger partial charge in [0.1, 0.15) is 0 Å². The quantitative estimate of drug-likeness (QED) is 0.745. The summed E-state index contributed by atoms with van der Waals surface area (Å²) in [4.78, 5) is 2.51. The van der Waals surface area contributed by atoms with Crippen LogP contribution >= 0.6 is 11.8 Å². The molecule has 0 aliphatic carbocycles. The van der Waals surface area contributed by atoms with Gasteiger partial charge in [-0.15, -0.1) is 0 Å². The molecule has 2 fully saturated rings. The number of hydrogen-bond acceptors (Lipinski definition) is 3. The molecule has 0 aromatic carbocycles. The van der Waals surface area contributed by atoms with Crippen LogP contribution in [0.3, 0.4) is 0 Å². The predicted octanol–water partition coefficient (Wildman–Crippen LogP) is 1.34. The third-order valence-corrected chi connectivity index (χ3v) is 4.59. The highest BCUT2D eigenvalue weighted by molar-refractivity contribution is 7.99. The number of rotatable bonds is 3. The Bertz CT molecular complexity index is 188. The lowest BCUT2D eigenvalue weighted by molar-refractivity contribution is 0.0999. The Morgan fingerprint density at radius 1 is 1.62 bits per heavy atom. The van der Waals surface area contributed by atoms with E-state index in [1.54, 1.807) is 0 Å². The summed E-state index contributed by atoms with van der Waals surface area (Å²) in [7, 11) is 0. The molecule has 2 saturated heterocycles. The van der Waals surface area contributed by atoms with Gasteiger partial charge in [0.05, 0.1) is 6.61 Å². The van der Waals surface area contributed by atoms with Gasteiger partial charge in [-0.25, -0.2) is 0 Å². The van der Waals surface area contributed by atoms with Crippen LogP contribution in [0.25, 0.3) is 0 Å². The number of nitrogens with zero attached hydrogens (tertiary/aromatic N) is 1. The maximum atomic E-state index is 9.46. The van der Waals surface area contributed by atoms with Crippen LogP contribution in [0.5, 0.6) is 0 Å². The highest BCUT2D eigenvalue weighted by Gasteiger charge is 2.47. The van der Waals surface area contributed by atoms with Crippen molar-refractivity contribution >= 4 is 11.8 Å². The van der Waals surface area contributed by atoms with Gasteiger partial charge in [-0.2, -0.15) is 11.8 Å². The van der Waals surface area contributed by atoms with E-state index in [9.17, 15) is 5.11 Å². The van der Waals surface area contributed by atoms with E-state index >= 15 is 0 Å². The lowest BCUT2D eigenvalue weighted by atomic mass is 9.95. The second kappa shape index (κ2) is 3.79. The Morgan fingerprint density at radius 3 is 3.08 bits per heavy atom. The molecule has 2 rings (SSSR count). The van der Waals surface area contributed by atoms with Gasteiger partial charge in [-0.05, 0) is 31.6 Å². The molecule has 0 aromatic rings. The second-order valence-electron chi connectivity index (χ2n) is 4.21. The summed E-state index contributed by atoms with van der Waals surface area (Å²) in [6.07, 6.45) is 3.70. The molecule has 76 valence electrons. The molecule has 13 heavy (non-hydrogen) atoms. The van der Waals surface area contributed by atoms with E-state index in [0.717, 1.165) is 5.25 Å². The Labute approximate surface area is 84.7 Å². The molecule has 0 saturated carbocycles. The van der Waals surface area contributed by atoms with Gasteiger partial charge in [0.2, 0.25) is 0 Å². The lowest BCUT2D eigenvalue weighted by Crippen LogP contribution is -2.41. The number of thioether (sulfide) groups is 1. The van der Waals surface area contributed by atoms with Gasteiger partial charge >= 0.3 is 0 Å². The van der Waals surface area contributed by atoms with Crippen molar-refractivity contribution in [1.29, 1.82) is 0 Å². The fourth-order valence-electron chi connectivity index (χ4n) is 2.84. The summed E-state index contributed by atoms with van der Waals surface area (Å²) in [5, 5.41) is 10.2. The first-order valence-electron chi connectivity index (χ1n) is 5.28. The normalized spacial score (nSPS) is 39.7. The van der Waals surface area contributed by atoms with Crippen LogP contribution in [-0.4, -0.2) is 46.2 Å². The third kappa shape index (κ3) is 1.62. The van der Waals surface area contributed by atoms with E-state index in [1.807, 2.05) is 0 Å². The van der Waals surface area contributed by atoms with Crippen LogP contribution in [0.15, 0.2) is 0 Å². The van der Waals surface area contributed by atoms with Crippen molar-refractivity contribution < 1.29 is 5.11 Å². The molecule has 2 atom stereocenters. The van der Waals surface area contributed by atoms with Crippen LogP contribution in [-0.2, 0) is 0 Å². The summed E-state index contributed by atoms with van der Waals surface area (Å²) < 4.78 is 0. The Kier molecular flexibility index (Phi) is 2.86. The van der Waals surface area contributed by atoms with E-state index in [0.29, 0.717) is 6.61 Å². The van der Waals surface area contributed by atoms with E-state index in [1.165, 1.54) is 38.1 Å². The van der Waals surface area contributed by atoms with E-state index in [4.69, 9.17) is 0 Å². The van der Waals surface area contributed by atoms with Crippen molar-refractivity contribution in [2.45, 2.75) is 37.0 Å². The monoisotopic (exact) mass is 201 g/mol. The standard InChI is InChI=1S/C10H19NOS/c1-2-13-9-6-10(8-12)4-3-5-11(10)7-9/h9,12H,2-8H2,1H3/t9-,10-/m0/s1. The van der Waals surface area contributed by atoms with Crippen molar-refractivity contribution in [3.8, 4) is 0 Å². The van der Waals surface area contributed by atoms with Gasteiger partial charge in [0.15, 0.2) is 0 Å². The first-order chi connectivity index (χ1) is 6.30. The van der Waals surface area contributed by atoms with Gasteiger partial charge in [0, 0.05) is 17.3 Å². The molecule has 0 unspecified atom stereocenters. The zero-order valence-electron chi connectivity index (χ0n) is 8.33.